The lowest BCUT2D eigenvalue weighted by atomic mass is 9.85. The quantitative estimate of drug-likeness (QED) is 0.242. The molecule has 3 aromatic carbocycles. The highest BCUT2D eigenvalue weighted by Gasteiger charge is 2.19. The van der Waals surface area contributed by atoms with Gasteiger partial charge in [-0.15, -0.1) is 0 Å². The van der Waals surface area contributed by atoms with Gasteiger partial charge in [0.1, 0.15) is 5.75 Å². The first-order chi connectivity index (χ1) is 13.5. The van der Waals surface area contributed by atoms with E-state index in [-0.39, 0.29) is 11.6 Å². The Kier molecular flexibility index (Phi) is 5.80. The first-order valence-electron chi connectivity index (χ1n) is 9.24. The monoisotopic (exact) mass is 372 g/mol. The highest BCUT2D eigenvalue weighted by atomic mass is 16.4. The van der Waals surface area contributed by atoms with Crippen LogP contribution in [0.5, 0.6) is 5.75 Å². The Balaban J connectivity index is 2.32. The zero-order valence-electron chi connectivity index (χ0n) is 15.9. The van der Waals surface area contributed by atoms with Gasteiger partial charge in [0.15, 0.2) is 5.84 Å². The molecule has 0 atom stereocenters. The number of aryl methyl sites for hydroxylation is 1. The molecule has 0 amide bonds. The predicted molar refractivity (Wildman–Crippen MR) is 115 cm³/mol. The molecule has 0 fully saturated rings. The van der Waals surface area contributed by atoms with E-state index in [4.69, 9.17) is 5.73 Å². The van der Waals surface area contributed by atoms with E-state index in [0.717, 1.165) is 46.2 Å². The second-order valence-corrected chi connectivity index (χ2v) is 6.69. The van der Waals surface area contributed by atoms with Crippen molar-refractivity contribution < 1.29 is 10.3 Å². The van der Waals surface area contributed by atoms with E-state index < -0.39 is 0 Å². The summed E-state index contributed by atoms with van der Waals surface area (Å²) in [4.78, 5) is 0. The molecule has 0 aliphatic carbocycles. The molecule has 4 N–H and O–H groups in total. The molecular formula is C24H24N2O2. The summed E-state index contributed by atoms with van der Waals surface area (Å²) in [5, 5.41) is 22.3. The van der Waals surface area contributed by atoms with Crippen LogP contribution in [0.1, 0.15) is 35.6 Å². The van der Waals surface area contributed by atoms with Crippen LogP contribution < -0.4 is 5.73 Å². The van der Waals surface area contributed by atoms with Crippen molar-refractivity contribution >= 4 is 11.4 Å². The van der Waals surface area contributed by atoms with Crippen LogP contribution in [0.15, 0.2) is 78.5 Å². The van der Waals surface area contributed by atoms with Gasteiger partial charge < -0.3 is 16.0 Å². The van der Waals surface area contributed by atoms with Gasteiger partial charge in [-0.2, -0.15) is 0 Å². The molecule has 0 aliphatic heterocycles. The number of amidine groups is 1. The standard InChI is InChI=1S/C24H24N2O2/c1-3-7-17-14-21(19-10-12-20(27)13-11-19)23(22(15-17)24(25)26-28)16(2)18-8-5-4-6-9-18/h4-6,8-15,27-28H,2-3,7H2,1H3,(H2,25,26). The van der Waals surface area contributed by atoms with Crippen molar-refractivity contribution in [3.63, 3.8) is 0 Å². The topological polar surface area (TPSA) is 78.8 Å². The molecule has 28 heavy (non-hydrogen) atoms. The normalized spacial score (nSPS) is 11.4. The number of nitrogens with zero attached hydrogens (tertiary/aromatic N) is 1. The average molecular weight is 372 g/mol. The third-order valence-corrected chi connectivity index (χ3v) is 4.72. The number of phenolic OH excluding ortho intramolecular Hbond substituents is 1. The van der Waals surface area contributed by atoms with Gasteiger partial charge in [0, 0.05) is 11.1 Å². The van der Waals surface area contributed by atoms with Gasteiger partial charge in [0.05, 0.1) is 0 Å². The Morgan fingerprint density at radius 3 is 2.32 bits per heavy atom. The van der Waals surface area contributed by atoms with Crippen LogP contribution in [0.3, 0.4) is 0 Å². The highest BCUT2D eigenvalue weighted by Crippen LogP contribution is 2.36. The van der Waals surface area contributed by atoms with Crippen LogP contribution in [0.25, 0.3) is 16.7 Å². The van der Waals surface area contributed by atoms with E-state index in [2.05, 4.69) is 24.7 Å². The van der Waals surface area contributed by atoms with Crippen molar-refractivity contribution in [1.82, 2.24) is 0 Å². The van der Waals surface area contributed by atoms with Crippen LogP contribution in [-0.4, -0.2) is 16.1 Å². The van der Waals surface area contributed by atoms with Gasteiger partial charge in [-0.05, 0) is 52.4 Å². The largest absolute Gasteiger partial charge is 0.508 e. The van der Waals surface area contributed by atoms with E-state index in [1.54, 1.807) is 12.1 Å². The summed E-state index contributed by atoms with van der Waals surface area (Å²) in [6.45, 7) is 6.42. The van der Waals surface area contributed by atoms with Crippen molar-refractivity contribution in [2.75, 3.05) is 0 Å². The Hall–Kier alpha value is -3.53. The van der Waals surface area contributed by atoms with E-state index >= 15 is 0 Å². The second kappa shape index (κ2) is 8.44. The van der Waals surface area contributed by atoms with Gasteiger partial charge >= 0.3 is 0 Å². The molecule has 0 heterocycles. The lowest BCUT2D eigenvalue weighted by Crippen LogP contribution is -2.17. The van der Waals surface area contributed by atoms with Crippen molar-refractivity contribution in [1.29, 1.82) is 0 Å². The third kappa shape index (κ3) is 3.91. The number of nitrogens with two attached hydrogens (primary N) is 1. The van der Waals surface area contributed by atoms with Crippen molar-refractivity contribution in [3.05, 3.63) is 95.6 Å². The molecule has 0 unspecified atom stereocenters. The summed E-state index contributed by atoms with van der Waals surface area (Å²) < 4.78 is 0. The molecular weight excluding hydrogens is 348 g/mol. The number of aromatic hydroxyl groups is 1. The fraction of sp³-hybridized carbons (Fsp3) is 0.125. The van der Waals surface area contributed by atoms with Gasteiger partial charge in [-0.1, -0.05) is 73.6 Å². The molecule has 0 aromatic heterocycles. The van der Waals surface area contributed by atoms with E-state index in [1.807, 2.05) is 48.5 Å². The van der Waals surface area contributed by atoms with Gasteiger partial charge in [-0.25, -0.2) is 0 Å². The summed E-state index contributed by atoms with van der Waals surface area (Å²) >= 11 is 0. The van der Waals surface area contributed by atoms with Gasteiger partial charge in [-0.3, -0.25) is 0 Å². The van der Waals surface area contributed by atoms with Crippen molar-refractivity contribution in [3.8, 4) is 16.9 Å². The third-order valence-electron chi connectivity index (χ3n) is 4.72. The van der Waals surface area contributed by atoms with Crippen LogP contribution >= 0.6 is 0 Å². The predicted octanol–water partition coefficient (Wildman–Crippen LogP) is 5.17. The summed E-state index contributed by atoms with van der Waals surface area (Å²) in [5.74, 6) is 0.249. The number of hydrogen-bond donors (Lipinski definition) is 3. The smallest absolute Gasteiger partial charge is 0.170 e. The maximum atomic E-state index is 9.69. The zero-order valence-corrected chi connectivity index (χ0v) is 15.9. The SMILES string of the molecule is C=C(c1ccccc1)c1c(/C(N)=N/O)cc(CCC)cc1-c1ccc(O)cc1. The zero-order chi connectivity index (χ0) is 20.1. The van der Waals surface area contributed by atoms with E-state index in [9.17, 15) is 10.3 Å². The lowest BCUT2D eigenvalue weighted by Gasteiger charge is -2.19. The van der Waals surface area contributed by atoms with Gasteiger partial charge in [0.25, 0.3) is 0 Å². The molecule has 0 aliphatic rings. The summed E-state index contributed by atoms with van der Waals surface area (Å²) in [5.41, 5.74) is 12.2. The number of oxime groups is 1. The molecule has 0 radical (unpaired) electrons. The summed E-state index contributed by atoms with van der Waals surface area (Å²) in [7, 11) is 0. The first-order valence-corrected chi connectivity index (χ1v) is 9.24. The molecule has 0 saturated heterocycles. The minimum absolute atomic E-state index is 0.0464. The summed E-state index contributed by atoms with van der Waals surface area (Å²) in [6, 6.07) is 20.9. The second-order valence-electron chi connectivity index (χ2n) is 6.69. The maximum absolute atomic E-state index is 9.69. The fourth-order valence-electron chi connectivity index (χ4n) is 3.37. The average Bonchev–Trinajstić information content (AvgIpc) is 2.73. The minimum atomic E-state index is 0.0464. The fourth-order valence-corrected chi connectivity index (χ4v) is 3.37. The molecule has 0 spiro atoms. The maximum Gasteiger partial charge on any atom is 0.170 e. The molecule has 3 rings (SSSR count). The molecule has 142 valence electrons. The van der Waals surface area contributed by atoms with Crippen LogP contribution in [-0.2, 0) is 6.42 Å². The van der Waals surface area contributed by atoms with Crippen LogP contribution in [0.2, 0.25) is 0 Å². The Bertz CT molecular complexity index is 1010. The summed E-state index contributed by atoms with van der Waals surface area (Å²) in [6.07, 6.45) is 1.85. The van der Waals surface area contributed by atoms with E-state index in [0.29, 0.717) is 5.56 Å². The van der Waals surface area contributed by atoms with Crippen LogP contribution in [0, 0.1) is 0 Å². The molecule has 4 nitrogen and oxygen atoms in total. The lowest BCUT2D eigenvalue weighted by molar-refractivity contribution is 0.318. The Morgan fingerprint density at radius 2 is 1.71 bits per heavy atom. The van der Waals surface area contributed by atoms with Crippen LogP contribution in [0.4, 0.5) is 0 Å². The van der Waals surface area contributed by atoms with Crippen molar-refractivity contribution in [2.24, 2.45) is 10.9 Å². The molecule has 4 heteroatoms. The number of phenols is 1. The minimum Gasteiger partial charge on any atom is -0.508 e. The Morgan fingerprint density at radius 1 is 1.04 bits per heavy atom. The van der Waals surface area contributed by atoms with E-state index in [1.165, 1.54) is 0 Å². The number of rotatable bonds is 6. The highest BCUT2D eigenvalue weighted by molar-refractivity contribution is 6.06. The first kappa shape index (κ1) is 19.2. The Labute approximate surface area is 165 Å². The molecule has 3 aromatic rings. The number of hydrogen-bond acceptors (Lipinski definition) is 3. The van der Waals surface area contributed by atoms with Gasteiger partial charge in [0.2, 0.25) is 0 Å². The van der Waals surface area contributed by atoms with Crippen molar-refractivity contribution in [2.45, 2.75) is 19.8 Å². The molecule has 0 saturated carbocycles. The number of benzene rings is 3. The molecule has 0 bridgehead atoms.